The van der Waals surface area contributed by atoms with Crippen molar-refractivity contribution in [3.05, 3.63) is 52.0 Å². The van der Waals surface area contributed by atoms with Crippen molar-refractivity contribution in [1.29, 1.82) is 0 Å². The molecule has 0 unspecified atom stereocenters. The summed E-state index contributed by atoms with van der Waals surface area (Å²) < 4.78 is 18.8. The molecule has 2 N–H and O–H groups in total. The van der Waals surface area contributed by atoms with Crippen LogP contribution in [0.4, 0.5) is 15.8 Å². The van der Waals surface area contributed by atoms with Crippen molar-refractivity contribution in [3.63, 3.8) is 0 Å². The molecular weight excluding hydrogens is 253 g/mol. The highest BCUT2D eigenvalue weighted by Crippen LogP contribution is 2.35. The van der Waals surface area contributed by atoms with Crippen molar-refractivity contribution in [2.24, 2.45) is 0 Å². The van der Waals surface area contributed by atoms with E-state index in [2.05, 4.69) is 4.98 Å². The number of halogens is 1. The van der Waals surface area contributed by atoms with E-state index in [1.54, 1.807) is 13.0 Å². The van der Waals surface area contributed by atoms with Crippen LogP contribution in [0.15, 0.2) is 30.5 Å². The van der Waals surface area contributed by atoms with Crippen LogP contribution in [0, 0.1) is 22.9 Å². The highest BCUT2D eigenvalue weighted by Gasteiger charge is 2.21. The average molecular weight is 263 g/mol. The molecule has 2 rings (SSSR count). The minimum absolute atomic E-state index is 0.0619. The largest absolute Gasteiger partial charge is 0.427 e. The molecule has 7 heteroatoms. The summed E-state index contributed by atoms with van der Waals surface area (Å²) >= 11 is 0. The molecule has 0 fully saturated rings. The van der Waals surface area contributed by atoms with Gasteiger partial charge in [-0.05, 0) is 24.6 Å². The average Bonchev–Trinajstić information content (AvgIpc) is 2.36. The molecule has 0 saturated carbocycles. The second kappa shape index (κ2) is 4.89. The number of para-hydroxylation sites is 1. The molecule has 0 bridgehead atoms. The maximum Gasteiger partial charge on any atom is 0.314 e. The lowest BCUT2D eigenvalue weighted by molar-refractivity contribution is -0.385. The van der Waals surface area contributed by atoms with Crippen LogP contribution in [0.3, 0.4) is 0 Å². The fraction of sp³-hybridized carbons (Fsp3) is 0.0833. The van der Waals surface area contributed by atoms with Gasteiger partial charge in [-0.2, -0.15) is 0 Å². The Morgan fingerprint density at radius 1 is 1.42 bits per heavy atom. The molecule has 2 aromatic rings. The second-order valence-corrected chi connectivity index (χ2v) is 3.79. The van der Waals surface area contributed by atoms with Crippen molar-refractivity contribution in [2.45, 2.75) is 6.92 Å². The maximum atomic E-state index is 13.6. The summed E-state index contributed by atoms with van der Waals surface area (Å²) in [6.07, 6.45) is 1.42. The van der Waals surface area contributed by atoms with E-state index in [1.807, 2.05) is 0 Å². The van der Waals surface area contributed by atoms with E-state index >= 15 is 0 Å². The molecule has 1 aromatic carbocycles. The van der Waals surface area contributed by atoms with Gasteiger partial charge in [-0.3, -0.25) is 10.1 Å². The summed E-state index contributed by atoms with van der Waals surface area (Å²) in [5.41, 5.74) is 6.14. The van der Waals surface area contributed by atoms with Gasteiger partial charge < -0.3 is 10.5 Å². The van der Waals surface area contributed by atoms with Crippen molar-refractivity contribution in [3.8, 4) is 11.6 Å². The standard InChI is InChI=1S/C12H10FN3O3/c1-7-5-6-15-12(10(7)14)19-11-8(13)3-2-4-9(11)16(17)18/h2-6H,14H2,1H3. The summed E-state index contributed by atoms with van der Waals surface area (Å²) in [4.78, 5) is 13.9. The number of hydrogen-bond acceptors (Lipinski definition) is 5. The van der Waals surface area contributed by atoms with E-state index < -0.39 is 22.2 Å². The number of nitrogens with two attached hydrogens (primary N) is 1. The first kappa shape index (κ1) is 12.7. The van der Waals surface area contributed by atoms with Gasteiger partial charge >= 0.3 is 5.69 Å². The number of ether oxygens (including phenoxy) is 1. The number of anilines is 1. The molecule has 0 aliphatic carbocycles. The number of rotatable bonds is 3. The molecule has 19 heavy (non-hydrogen) atoms. The number of nitrogens with zero attached hydrogens (tertiary/aromatic N) is 2. The van der Waals surface area contributed by atoms with Crippen molar-refractivity contribution in [1.82, 2.24) is 4.98 Å². The highest BCUT2D eigenvalue weighted by molar-refractivity contribution is 5.57. The van der Waals surface area contributed by atoms with Crippen LogP contribution in [-0.4, -0.2) is 9.91 Å². The molecule has 6 nitrogen and oxygen atoms in total. The first-order valence-electron chi connectivity index (χ1n) is 5.32. The van der Waals surface area contributed by atoms with Crippen LogP contribution in [0.1, 0.15) is 5.56 Å². The Labute approximate surface area is 107 Å². The number of aromatic nitrogens is 1. The number of aryl methyl sites for hydroxylation is 1. The third kappa shape index (κ3) is 2.44. The Morgan fingerprint density at radius 2 is 2.16 bits per heavy atom. The molecule has 0 atom stereocenters. The SMILES string of the molecule is Cc1ccnc(Oc2c(F)cccc2[N+](=O)[O-])c1N. The van der Waals surface area contributed by atoms with E-state index in [1.165, 1.54) is 12.3 Å². The Balaban J connectivity index is 2.49. The number of hydrogen-bond donors (Lipinski definition) is 1. The van der Waals surface area contributed by atoms with Gasteiger partial charge in [0.1, 0.15) is 0 Å². The number of nitro benzene ring substituents is 1. The lowest BCUT2D eigenvalue weighted by Gasteiger charge is -2.09. The predicted octanol–water partition coefficient (Wildman–Crippen LogP) is 2.81. The van der Waals surface area contributed by atoms with Crippen molar-refractivity contribution >= 4 is 11.4 Å². The Morgan fingerprint density at radius 3 is 2.84 bits per heavy atom. The third-order valence-corrected chi connectivity index (χ3v) is 2.51. The van der Waals surface area contributed by atoms with Gasteiger partial charge in [-0.15, -0.1) is 0 Å². The molecule has 0 saturated heterocycles. The topological polar surface area (TPSA) is 91.3 Å². The fourth-order valence-corrected chi connectivity index (χ4v) is 1.47. The maximum absolute atomic E-state index is 13.6. The van der Waals surface area contributed by atoms with Crippen LogP contribution in [0.5, 0.6) is 11.6 Å². The van der Waals surface area contributed by atoms with Gasteiger partial charge in [0.15, 0.2) is 5.82 Å². The smallest absolute Gasteiger partial charge is 0.314 e. The Kier molecular flexibility index (Phi) is 3.28. The lowest BCUT2D eigenvalue weighted by atomic mass is 10.2. The van der Waals surface area contributed by atoms with E-state index in [0.717, 1.165) is 12.1 Å². The number of benzene rings is 1. The summed E-state index contributed by atoms with van der Waals surface area (Å²) in [5.74, 6) is -1.41. The highest BCUT2D eigenvalue weighted by atomic mass is 19.1. The molecule has 0 aliphatic heterocycles. The minimum atomic E-state index is -0.850. The first-order valence-corrected chi connectivity index (χ1v) is 5.32. The lowest BCUT2D eigenvalue weighted by Crippen LogP contribution is -2.01. The summed E-state index contributed by atoms with van der Waals surface area (Å²) in [6, 6.07) is 5.09. The van der Waals surface area contributed by atoms with Crippen LogP contribution in [0.25, 0.3) is 0 Å². The van der Waals surface area contributed by atoms with E-state index in [0.29, 0.717) is 5.56 Å². The van der Waals surface area contributed by atoms with Gasteiger partial charge in [0.25, 0.3) is 0 Å². The van der Waals surface area contributed by atoms with Crippen LogP contribution >= 0.6 is 0 Å². The number of nitrogen functional groups attached to an aromatic ring is 1. The van der Waals surface area contributed by atoms with Gasteiger partial charge in [-0.1, -0.05) is 6.07 Å². The zero-order valence-electron chi connectivity index (χ0n) is 9.96. The zero-order chi connectivity index (χ0) is 14.0. The van der Waals surface area contributed by atoms with Gasteiger partial charge in [0, 0.05) is 12.3 Å². The van der Waals surface area contributed by atoms with Crippen LogP contribution in [0.2, 0.25) is 0 Å². The van der Waals surface area contributed by atoms with Crippen molar-refractivity contribution < 1.29 is 14.1 Å². The summed E-state index contributed by atoms with van der Waals surface area (Å²) in [6.45, 7) is 1.72. The molecule has 0 spiro atoms. The normalized spacial score (nSPS) is 10.2. The molecule has 98 valence electrons. The number of pyridine rings is 1. The quantitative estimate of drug-likeness (QED) is 0.679. The van der Waals surface area contributed by atoms with Gasteiger partial charge in [-0.25, -0.2) is 9.37 Å². The van der Waals surface area contributed by atoms with E-state index in [4.69, 9.17) is 10.5 Å². The van der Waals surface area contributed by atoms with Crippen LogP contribution < -0.4 is 10.5 Å². The zero-order valence-corrected chi connectivity index (χ0v) is 9.96. The van der Waals surface area contributed by atoms with Crippen LogP contribution in [-0.2, 0) is 0 Å². The van der Waals surface area contributed by atoms with Crippen molar-refractivity contribution in [2.75, 3.05) is 5.73 Å². The Bertz CT molecular complexity index is 646. The third-order valence-electron chi connectivity index (χ3n) is 2.51. The number of nitro groups is 1. The Hall–Kier alpha value is -2.70. The molecule has 0 aliphatic rings. The van der Waals surface area contributed by atoms with E-state index in [-0.39, 0.29) is 11.6 Å². The molecule has 0 amide bonds. The monoisotopic (exact) mass is 263 g/mol. The first-order chi connectivity index (χ1) is 9.00. The molecule has 1 heterocycles. The van der Waals surface area contributed by atoms with Gasteiger partial charge in [0.05, 0.1) is 10.6 Å². The second-order valence-electron chi connectivity index (χ2n) is 3.79. The molecular formula is C12H10FN3O3. The molecule has 1 aromatic heterocycles. The predicted molar refractivity (Wildman–Crippen MR) is 66.5 cm³/mol. The minimum Gasteiger partial charge on any atom is -0.427 e. The molecule has 0 radical (unpaired) electrons. The summed E-state index contributed by atoms with van der Waals surface area (Å²) in [7, 11) is 0. The summed E-state index contributed by atoms with van der Waals surface area (Å²) in [5, 5.41) is 10.8. The fourth-order valence-electron chi connectivity index (χ4n) is 1.47. The van der Waals surface area contributed by atoms with Gasteiger partial charge in [0.2, 0.25) is 11.6 Å². The van der Waals surface area contributed by atoms with E-state index in [9.17, 15) is 14.5 Å².